The average Bonchev–Trinajstić information content (AvgIpc) is 3.44. The lowest BCUT2D eigenvalue weighted by atomic mass is 10.0. The van der Waals surface area contributed by atoms with Crippen molar-refractivity contribution < 1.29 is 33.0 Å². The third kappa shape index (κ3) is 9.38. The van der Waals surface area contributed by atoms with Gasteiger partial charge in [-0.2, -0.15) is 0 Å². The van der Waals surface area contributed by atoms with E-state index in [0.717, 1.165) is 42.8 Å². The van der Waals surface area contributed by atoms with E-state index in [1.807, 2.05) is 13.8 Å². The van der Waals surface area contributed by atoms with Gasteiger partial charge in [-0.05, 0) is 62.1 Å². The van der Waals surface area contributed by atoms with Crippen LogP contribution in [-0.2, 0) is 11.2 Å². The molecule has 2 amide bonds. The fourth-order valence-electron chi connectivity index (χ4n) is 4.32. The minimum Gasteiger partial charge on any atom is -0.461 e. The second-order valence-electron chi connectivity index (χ2n) is 9.64. The Morgan fingerprint density at radius 2 is 1.71 bits per heavy atom. The molecule has 0 aliphatic rings. The monoisotopic (exact) mass is 602 g/mol. The number of hydrogen-bond acceptors (Lipinski definition) is 7. The molecule has 1 aromatic heterocycles. The lowest BCUT2D eigenvalue weighted by Gasteiger charge is -2.25. The van der Waals surface area contributed by atoms with Gasteiger partial charge in [0.1, 0.15) is 17.3 Å². The molecule has 0 aliphatic heterocycles. The van der Waals surface area contributed by atoms with Crippen LogP contribution in [0.1, 0.15) is 70.4 Å². The van der Waals surface area contributed by atoms with E-state index in [1.54, 1.807) is 30.0 Å². The first-order valence-corrected chi connectivity index (χ1v) is 14.8. The molecule has 12 heteroatoms. The van der Waals surface area contributed by atoms with E-state index in [-0.39, 0.29) is 41.5 Å². The Kier molecular flexibility index (Phi) is 12.5. The van der Waals surface area contributed by atoms with Gasteiger partial charge >= 0.3 is 5.97 Å². The predicted molar refractivity (Wildman–Crippen MR) is 156 cm³/mol. The van der Waals surface area contributed by atoms with Crippen LogP contribution in [0.25, 0.3) is 0 Å². The Hall–Kier alpha value is -3.77. The number of H-pyrrole nitrogens is 1. The maximum Gasteiger partial charge on any atom is 0.356 e. The highest BCUT2D eigenvalue weighted by atomic mass is 32.2. The molecule has 42 heavy (non-hydrogen) atoms. The second-order valence-corrected chi connectivity index (χ2v) is 10.6. The van der Waals surface area contributed by atoms with Gasteiger partial charge in [-0.1, -0.05) is 31.7 Å². The quantitative estimate of drug-likeness (QED) is 0.171. The minimum atomic E-state index is -1.18. The van der Waals surface area contributed by atoms with Crippen molar-refractivity contribution in [2.75, 3.05) is 25.4 Å². The number of aliphatic hydroxyl groups excluding tert-OH is 1. The topological polar surface area (TPSA) is 125 Å². The van der Waals surface area contributed by atoms with Crippen molar-refractivity contribution in [3.63, 3.8) is 0 Å². The molecule has 0 saturated carbocycles. The number of nitrogens with zero attached hydrogens (tertiary/aromatic N) is 2. The summed E-state index contributed by atoms with van der Waals surface area (Å²) in [6.45, 7) is 7.04. The zero-order valence-corrected chi connectivity index (χ0v) is 24.7. The summed E-state index contributed by atoms with van der Waals surface area (Å²) in [7, 11) is 0. The number of rotatable bonds is 15. The molecule has 0 bridgehead atoms. The van der Waals surface area contributed by atoms with Crippen molar-refractivity contribution in [3.05, 3.63) is 82.7 Å². The lowest BCUT2D eigenvalue weighted by Crippen LogP contribution is -2.46. The largest absolute Gasteiger partial charge is 0.461 e. The van der Waals surface area contributed by atoms with Crippen LogP contribution in [0.4, 0.5) is 8.78 Å². The van der Waals surface area contributed by atoms with Crippen LogP contribution in [0, 0.1) is 11.6 Å². The van der Waals surface area contributed by atoms with Gasteiger partial charge < -0.3 is 25.0 Å². The van der Waals surface area contributed by atoms with E-state index in [9.17, 15) is 28.3 Å². The fourth-order valence-corrected chi connectivity index (χ4v) is 5.19. The Bertz CT molecular complexity index is 1340. The van der Waals surface area contributed by atoms with Crippen LogP contribution in [0.15, 0.2) is 53.8 Å². The van der Waals surface area contributed by atoms with E-state index in [4.69, 9.17) is 4.74 Å². The number of hydrogen-bond donors (Lipinski definition) is 3. The van der Waals surface area contributed by atoms with Gasteiger partial charge in [-0.15, -0.1) is 0 Å². The maximum absolute atomic E-state index is 13.9. The highest BCUT2D eigenvalue weighted by Crippen LogP contribution is 2.20. The number of aromatic nitrogens is 2. The Morgan fingerprint density at radius 3 is 2.36 bits per heavy atom. The number of imidazole rings is 1. The van der Waals surface area contributed by atoms with E-state index >= 15 is 0 Å². The summed E-state index contributed by atoms with van der Waals surface area (Å²) < 4.78 is 32.8. The first kappa shape index (κ1) is 32.7. The molecule has 9 nitrogen and oxygen atoms in total. The number of aliphatic hydroxyl groups is 1. The maximum atomic E-state index is 13.9. The summed E-state index contributed by atoms with van der Waals surface area (Å²) in [6, 6.07) is 8.35. The van der Waals surface area contributed by atoms with Crippen LogP contribution in [0.3, 0.4) is 0 Å². The molecule has 0 aliphatic carbocycles. The number of carbonyl (C=O) groups excluding carboxylic acids is 3. The van der Waals surface area contributed by atoms with Crippen LogP contribution in [0.2, 0.25) is 0 Å². The first-order valence-electron chi connectivity index (χ1n) is 13.8. The standard InChI is InChI=1S/C30H36F2N4O5S/c1-4-10-36(11-5-2)28(39)21-9-7-8-20(15-21)27(38)34-24(14-19-12-22(31)16-23(32)13-19)26(37)18-42-30-33-17-25(35-30)29(40)41-6-3/h7-9,12-13,15-17,24,26,37H,4-6,10-11,14,18H2,1-3H3,(H,33,35)(H,34,38). The van der Waals surface area contributed by atoms with Gasteiger partial charge in [0.15, 0.2) is 5.16 Å². The molecular formula is C30H36F2N4O5S. The van der Waals surface area contributed by atoms with Crippen molar-refractivity contribution in [2.45, 2.75) is 57.3 Å². The second kappa shape index (κ2) is 16.0. The summed E-state index contributed by atoms with van der Waals surface area (Å²) in [5.74, 6) is -2.84. The molecular weight excluding hydrogens is 566 g/mol. The van der Waals surface area contributed by atoms with E-state index in [0.29, 0.717) is 23.8 Å². The van der Waals surface area contributed by atoms with Crippen LogP contribution in [-0.4, -0.2) is 75.4 Å². The van der Waals surface area contributed by atoms with Crippen LogP contribution >= 0.6 is 11.8 Å². The Morgan fingerprint density at radius 1 is 1.05 bits per heavy atom. The summed E-state index contributed by atoms with van der Waals surface area (Å²) in [5.41, 5.74) is 0.955. The minimum absolute atomic E-state index is 0.0278. The van der Waals surface area contributed by atoms with Crippen molar-refractivity contribution in [3.8, 4) is 0 Å². The summed E-state index contributed by atoms with van der Waals surface area (Å²) >= 11 is 1.10. The van der Waals surface area contributed by atoms with Gasteiger partial charge in [-0.25, -0.2) is 18.6 Å². The van der Waals surface area contributed by atoms with Crippen molar-refractivity contribution in [1.82, 2.24) is 20.2 Å². The number of aromatic amines is 1. The molecule has 2 unspecified atom stereocenters. The number of nitrogens with one attached hydrogen (secondary N) is 2. The summed E-state index contributed by atoms with van der Waals surface area (Å²) in [6.07, 6.45) is 1.65. The molecule has 1 heterocycles. The number of amides is 2. The highest BCUT2D eigenvalue weighted by Gasteiger charge is 2.25. The zero-order chi connectivity index (χ0) is 30.6. The predicted octanol–water partition coefficient (Wildman–Crippen LogP) is 4.62. The Balaban J connectivity index is 1.78. The molecule has 3 N–H and O–H groups in total. The van der Waals surface area contributed by atoms with E-state index in [2.05, 4.69) is 15.3 Å². The molecule has 2 aromatic carbocycles. The molecule has 0 spiro atoms. The number of ether oxygens (including phenoxy) is 1. The van der Waals surface area contributed by atoms with Gasteiger partial charge in [0.05, 0.1) is 24.9 Å². The number of esters is 1. The van der Waals surface area contributed by atoms with Crippen molar-refractivity contribution in [2.24, 2.45) is 0 Å². The molecule has 0 radical (unpaired) electrons. The van der Waals surface area contributed by atoms with Gasteiger partial charge in [0, 0.05) is 36.0 Å². The number of benzene rings is 2. The van der Waals surface area contributed by atoms with E-state index in [1.165, 1.54) is 12.3 Å². The molecule has 0 fully saturated rings. The molecule has 226 valence electrons. The molecule has 3 aromatic rings. The fraction of sp³-hybridized carbons (Fsp3) is 0.400. The number of halogens is 2. The average molecular weight is 603 g/mol. The SMILES string of the molecule is CCCN(CCC)C(=O)c1cccc(C(=O)NC(Cc2cc(F)cc(F)c2)C(O)CSc2ncc(C(=O)OCC)[nH]2)c1. The van der Waals surface area contributed by atoms with Crippen molar-refractivity contribution >= 4 is 29.5 Å². The van der Waals surface area contributed by atoms with Gasteiger partial charge in [-0.3, -0.25) is 9.59 Å². The van der Waals surface area contributed by atoms with E-state index < -0.39 is 35.7 Å². The highest BCUT2D eigenvalue weighted by molar-refractivity contribution is 7.99. The van der Waals surface area contributed by atoms with Crippen molar-refractivity contribution in [1.29, 1.82) is 0 Å². The van der Waals surface area contributed by atoms with Crippen LogP contribution in [0.5, 0.6) is 0 Å². The lowest BCUT2D eigenvalue weighted by molar-refractivity contribution is 0.0519. The Labute approximate surface area is 248 Å². The zero-order valence-electron chi connectivity index (χ0n) is 23.9. The molecule has 3 rings (SSSR count). The number of thioether (sulfide) groups is 1. The number of carbonyl (C=O) groups is 3. The first-order chi connectivity index (χ1) is 20.1. The molecule has 2 atom stereocenters. The normalized spacial score (nSPS) is 12.4. The third-order valence-corrected chi connectivity index (χ3v) is 7.23. The summed E-state index contributed by atoms with van der Waals surface area (Å²) in [5, 5.41) is 14.2. The molecule has 0 saturated heterocycles. The van der Waals surface area contributed by atoms with Gasteiger partial charge in [0.2, 0.25) is 0 Å². The van der Waals surface area contributed by atoms with Crippen LogP contribution < -0.4 is 5.32 Å². The van der Waals surface area contributed by atoms with Gasteiger partial charge in [0.25, 0.3) is 11.8 Å². The summed E-state index contributed by atoms with van der Waals surface area (Å²) in [4.78, 5) is 47.0. The smallest absolute Gasteiger partial charge is 0.356 e. The third-order valence-electron chi connectivity index (χ3n) is 6.24.